The molecule has 6 nitrogen and oxygen atoms in total. The number of hydrogen-bond donors (Lipinski definition) is 0. The molecule has 4 rings (SSSR count). The van der Waals surface area contributed by atoms with E-state index in [1.54, 1.807) is 4.90 Å². The summed E-state index contributed by atoms with van der Waals surface area (Å²) in [6, 6.07) is 12.0. The summed E-state index contributed by atoms with van der Waals surface area (Å²) >= 11 is 0. The van der Waals surface area contributed by atoms with Gasteiger partial charge in [0, 0.05) is 58.1 Å². The van der Waals surface area contributed by atoms with Crippen molar-refractivity contribution in [3.63, 3.8) is 0 Å². The summed E-state index contributed by atoms with van der Waals surface area (Å²) in [5.74, 6) is 1.96. The van der Waals surface area contributed by atoms with E-state index < -0.39 is 0 Å². The Morgan fingerprint density at radius 3 is 2.71 bits per heavy atom. The molecule has 1 amide bonds. The fourth-order valence-corrected chi connectivity index (χ4v) is 3.88. The highest BCUT2D eigenvalue weighted by atomic mass is 16.5. The van der Waals surface area contributed by atoms with Crippen molar-refractivity contribution in [3.8, 4) is 5.75 Å². The van der Waals surface area contributed by atoms with E-state index in [0.29, 0.717) is 6.61 Å². The molecule has 1 aromatic heterocycles. The number of rotatable bonds is 6. The van der Waals surface area contributed by atoms with E-state index in [4.69, 9.17) is 4.74 Å². The van der Waals surface area contributed by atoms with Crippen LogP contribution < -0.4 is 9.64 Å². The molecule has 0 N–H and O–H groups in total. The molecule has 3 heterocycles. The van der Waals surface area contributed by atoms with Gasteiger partial charge in [0.2, 0.25) is 0 Å². The third-order valence-corrected chi connectivity index (χ3v) is 5.61. The van der Waals surface area contributed by atoms with Gasteiger partial charge in [-0.2, -0.15) is 0 Å². The Morgan fingerprint density at radius 2 is 1.93 bits per heavy atom. The Bertz CT molecular complexity index is 803. The fraction of sp³-hybridized carbons (Fsp3) is 0.455. The van der Waals surface area contributed by atoms with Crippen LogP contribution in [0.25, 0.3) is 0 Å². The van der Waals surface area contributed by atoms with E-state index in [1.807, 2.05) is 43.6 Å². The van der Waals surface area contributed by atoms with Crippen LogP contribution in [0.5, 0.6) is 5.75 Å². The molecule has 148 valence electrons. The van der Waals surface area contributed by atoms with Gasteiger partial charge in [-0.25, -0.2) is 4.98 Å². The van der Waals surface area contributed by atoms with Crippen LogP contribution >= 0.6 is 0 Å². The van der Waals surface area contributed by atoms with Crippen LogP contribution in [0.15, 0.2) is 42.6 Å². The summed E-state index contributed by atoms with van der Waals surface area (Å²) in [4.78, 5) is 23.3. The third kappa shape index (κ3) is 4.28. The minimum absolute atomic E-state index is 0.0949. The molecule has 0 saturated carbocycles. The minimum atomic E-state index is 0.0949. The number of anilines is 1. The number of carbonyl (C=O) groups excluding carboxylic acids is 1. The molecule has 0 aliphatic carbocycles. The first kappa shape index (κ1) is 18.7. The normalized spacial score (nSPS) is 17.5. The topological polar surface area (TPSA) is 48.9 Å². The molecule has 6 heteroatoms. The Hall–Kier alpha value is -2.60. The average Bonchev–Trinajstić information content (AvgIpc) is 2.75. The molecular weight excluding hydrogens is 352 g/mol. The van der Waals surface area contributed by atoms with Gasteiger partial charge in [-0.05, 0) is 42.7 Å². The van der Waals surface area contributed by atoms with Crippen LogP contribution in [0.1, 0.15) is 22.3 Å². The number of fused-ring (bicyclic) bond motifs is 1. The number of aromatic nitrogens is 1. The molecule has 0 spiro atoms. The second kappa shape index (κ2) is 8.61. The summed E-state index contributed by atoms with van der Waals surface area (Å²) in [6.07, 6.45) is 3.75. The van der Waals surface area contributed by atoms with Gasteiger partial charge in [0.1, 0.15) is 11.6 Å². The fourth-order valence-electron chi connectivity index (χ4n) is 3.88. The summed E-state index contributed by atoms with van der Waals surface area (Å²) in [5.41, 5.74) is 1.91. The van der Waals surface area contributed by atoms with Gasteiger partial charge in [0.05, 0.1) is 6.61 Å². The Morgan fingerprint density at radius 1 is 1.07 bits per heavy atom. The number of pyridine rings is 1. The molecule has 0 bridgehead atoms. The minimum Gasteiger partial charge on any atom is -0.494 e. The zero-order chi connectivity index (χ0) is 19.3. The summed E-state index contributed by atoms with van der Waals surface area (Å²) < 4.78 is 5.92. The molecule has 2 aliphatic rings. The predicted molar refractivity (Wildman–Crippen MR) is 110 cm³/mol. The van der Waals surface area contributed by atoms with Crippen molar-refractivity contribution in [3.05, 3.63) is 53.7 Å². The lowest BCUT2D eigenvalue weighted by Crippen LogP contribution is -2.47. The second-order valence-electron chi connectivity index (χ2n) is 7.51. The van der Waals surface area contributed by atoms with Gasteiger partial charge < -0.3 is 14.5 Å². The smallest absolute Gasteiger partial charge is 0.254 e. The number of carbonyl (C=O) groups is 1. The second-order valence-corrected chi connectivity index (χ2v) is 7.51. The van der Waals surface area contributed by atoms with Crippen molar-refractivity contribution in [1.82, 2.24) is 14.8 Å². The van der Waals surface area contributed by atoms with E-state index in [0.717, 1.165) is 74.8 Å². The zero-order valence-corrected chi connectivity index (χ0v) is 16.5. The average molecular weight is 380 g/mol. The Labute approximate surface area is 166 Å². The van der Waals surface area contributed by atoms with Gasteiger partial charge in [0.25, 0.3) is 5.91 Å². The van der Waals surface area contributed by atoms with Crippen molar-refractivity contribution < 1.29 is 9.53 Å². The first-order chi connectivity index (χ1) is 13.7. The summed E-state index contributed by atoms with van der Waals surface area (Å²) in [6.45, 7) is 6.62. The lowest BCUT2D eigenvalue weighted by Gasteiger charge is -2.35. The van der Waals surface area contributed by atoms with Gasteiger partial charge in [-0.3, -0.25) is 9.69 Å². The van der Waals surface area contributed by atoms with Gasteiger partial charge >= 0.3 is 0 Å². The summed E-state index contributed by atoms with van der Waals surface area (Å²) in [5, 5.41) is 0. The van der Waals surface area contributed by atoms with Crippen molar-refractivity contribution in [2.24, 2.45) is 0 Å². The number of hydrogen-bond acceptors (Lipinski definition) is 5. The molecule has 28 heavy (non-hydrogen) atoms. The van der Waals surface area contributed by atoms with Crippen LogP contribution in [0.2, 0.25) is 0 Å². The lowest BCUT2D eigenvalue weighted by atomic mass is 9.99. The number of ether oxygens (including phenoxy) is 1. The van der Waals surface area contributed by atoms with Crippen molar-refractivity contribution >= 4 is 11.7 Å². The molecule has 2 aliphatic heterocycles. The lowest BCUT2D eigenvalue weighted by molar-refractivity contribution is 0.0780. The largest absolute Gasteiger partial charge is 0.494 e. The number of nitrogens with zero attached hydrogens (tertiary/aromatic N) is 4. The highest BCUT2D eigenvalue weighted by molar-refractivity contribution is 5.97. The van der Waals surface area contributed by atoms with E-state index >= 15 is 0 Å². The molecule has 0 atom stereocenters. The van der Waals surface area contributed by atoms with Gasteiger partial charge in [-0.1, -0.05) is 12.1 Å². The highest BCUT2D eigenvalue weighted by Gasteiger charge is 2.22. The Kier molecular flexibility index (Phi) is 5.76. The number of likely N-dealkylation sites (N-methyl/N-ethyl adjacent to an activating group) is 1. The molecule has 1 saturated heterocycles. The van der Waals surface area contributed by atoms with Crippen LogP contribution in [0, 0.1) is 0 Å². The Balaban J connectivity index is 1.20. The maximum Gasteiger partial charge on any atom is 0.254 e. The molecule has 0 radical (unpaired) electrons. The van der Waals surface area contributed by atoms with Crippen LogP contribution in [0.4, 0.5) is 5.82 Å². The molecule has 1 aromatic carbocycles. The standard InChI is InChI=1S/C22H28N4O2/c1-24-11-8-18-6-7-19(17-20(18)22(24)27)28-16-4-10-25-12-14-26(15-13-25)21-5-2-3-9-23-21/h2-3,5-7,9,17H,4,8,10-16H2,1H3. The van der Waals surface area contributed by atoms with E-state index in [-0.39, 0.29) is 5.91 Å². The molecule has 1 fully saturated rings. The molecular formula is C22H28N4O2. The quantitative estimate of drug-likeness (QED) is 0.720. The van der Waals surface area contributed by atoms with Crippen molar-refractivity contribution in [2.75, 3.05) is 57.8 Å². The van der Waals surface area contributed by atoms with Gasteiger partial charge in [-0.15, -0.1) is 0 Å². The maximum absolute atomic E-state index is 12.3. The van der Waals surface area contributed by atoms with E-state index in [1.165, 1.54) is 0 Å². The third-order valence-electron chi connectivity index (χ3n) is 5.61. The van der Waals surface area contributed by atoms with Crippen LogP contribution in [0.3, 0.4) is 0 Å². The maximum atomic E-state index is 12.3. The molecule has 0 unspecified atom stereocenters. The van der Waals surface area contributed by atoms with Crippen molar-refractivity contribution in [1.29, 1.82) is 0 Å². The van der Waals surface area contributed by atoms with E-state index in [2.05, 4.69) is 20.9 Å². The van der Waals surface area contributed by atoms with Crippen molar-refractivity contribution in [2.45, 2.75) is 12.8 Å². The van der Waals surface area contributed by atoms with E-state index in [9.17, 15) is 4.79 Å². The highest BCUT2D eigenvalue weighted by Crippen LogP contribution is 2.23. The van der Waals surface area contributed by atoms with Crippen LogP contribution in [-0.2, 0) is 6.42 Å². The monoisotopic (exact) mass is 380 g/mol. The zero-order valence-electron chi connectivity index (χ0n) is 16.5. The predicted octanol–water partition coefficient (Wildman–Crippen LogP) is 2.30. The SMILES string of the molecule is CN1CCc2ccc(OCCCN3CCN(c4ccccn4)CC3)cc2C1=O. The first-order valence-electron chi connectivity index (χ1n) is 10.1. The van der Waals surface area contributed by atoms with Crippen LogP contribution in [-0.4, -0.2) is 73.6 Å². The number of piperazine rings is 1. The first-order valence-corrected chi connectivity index (χ1v) is 10.1. The number of benzene rings is 1. The molecule has 2 aromatic rings. The number of amides is 1. The summed E-state index contributed by atoms with van der Waals surface area (Å²) in [7, 11) is 1.85. The van der Waals surface area contributed by atoms with Gasteiger partial charge in [0.15, 0.2) is 0 Å².